The first-order chi connectivity index (χ1) is 9.63. The Labute approximate surface area is 123 Å². The third-order valence-corrected chi connectivity index (χ3v) is 4.82. The Kier molecular flexibility index (Phi) is 5.58. The summed E-state index contributed by atoms with van der Waals surface area (Å²) in [6.45, 7) is 7.87. The van der Waals surface area contributed by atoms with Crippen LogP contribution in [0.5, 0.6) is 0 Å². The van der Waals surface area contributed by atoms with Crippen molar-refractivity contribution in [2.45, 2.75) is 44.9 Å². The molecule has 1 aliphatic rings. The van der Waals surface area contributed by atoms with E-state index in [1.165, 1.54) is 25.9 Å². The average Bonchev–Trinajstić information content (AvgIpc) is 2.53. The first kappa shape index (κ1) is 15.5. The Morgan fingerprint density at radius 3 is 2.40 bits per heavy atom. The fourth-order valence-corrected chi connectivity index (χ4v) is 3.13. The smallest absolute Gasteiger partial charge is 0.0942 e. The van der Waals surface area contributed by atoms with E-state index in [2.05, 4.69) is 30.7 Å². The fraction of sp³-hybridized carbons (Fsp3) is 0.647. The minimum atomic E-state index is -0.412. The van der Waals surface area contributed by atoms with Gasteiger partial charge in [0.1, 0.15) is 0 Å². The number of aliphatic hydroxyl groups is 1. The Hall–Kier alpha value is -0.900. The Bertz CT molecular complexity index is 387. The molecule has 0 bridgehead atoms. The van der Waals surface area contributed by atoms with E-state index in [-0.39, 0.29) is 6.04 Å². The van der Waals surface area contributed by atoms with Crippen molar-refractivity contribution < 1.29 is 5.11 Å². The molecule has 0 aliphatic carbocycles. The number of likely N-dealkylation sites (tertiary alicyclic amines) is 1. The van der Waals surface area contributed by atoms with E-state index in [0.29, 0.717) is 6.04 Å². The maximum atomic E-state index is 10.5. The quantitative estimate of drug-likeness (QED) is 0.895. The predicted octanol–water partition coefficient (Wildman–Crippen LogP) is 2.52. The number of benzene rings is 1. The predicted molar refractivity (Wildman–Crippen MR) is 83.8 cm³/mol. The summed E-state index contributed by atoms with van der Waals surface area (Å²) in [6, 6.07) is 10.7. The van der Waals surface area contributed by atoms with E-state index in [9.17, 15) is 5.11 Å². The average molecular weight is 276 g/mol. The second-order valence-corrected chi connectivity index (χ2v) is 5.93. The number of piperidine rings is 1. The van der Waals surface area contributed by atoms with Crippen LogP contribution in [0.25, 0.3) is 0 Å². The summed E-state index contributed by atoms with van der Waals surface area (Å²) in [5.74, 6) is 0. The van der Waals surface area contributed by atoms with Crippen molar-refractivity contribution in [3.05, 3.63) is 35.9 Å². The molecule has 1 heterocycles. The monoisotopic (exact) mass is 276 g/mol. The third kappa shape index (κ3) is 3.60. The Morgan fingerprint density at radius 2 is 1.85 bits per heavy atom. The molecule has 3 heteroatoms. The number of hydrogen-bond donors (Lipinski definition) is 1. The van der Waals surface area contributed by atoms with Gasteiger partial charge in [-0.05, 0) is 52.0 Å². The van der Waals surface area contributed by atoms with Gasteiger partial charge in [-0.3, -0.25) is 4.90 Å². The molecule has 1 aliphatic heterocycles. The van der Waals surface area contributed by atoms with Gasteiger partial charge >= 0.3 is 0 Å². The van der Waals surface area contributed by atoms with Crippen LogP contribution in [0, 0.1) is 0 Å². The molecule has 2 unspecified atom stereocenters. The first-order valence-corrected chi connectivity index (χ1v) is 7.80. The van der Waals surface area contributed by atoms with Crippen molar-refractivity contribution in [1.29, 1.82) is 0 Å². The minimum absolute atomic E-state index is 0.149. The van der Waals surface area contributed by atoms with E-state index < -0.39 is 6.10 Å². The SMILES string of the molecule is CCN1CCC(N(C)C(C)C(O)c2ccccc2)CC1. The number of nitrogens with zero attached hydrogens (tertiary/aromatic N) is 2. The molecule has 112 valence electrons. The normalized spacial score (nSPS) is 21.1. The van der Waals surface area contributed by atoms with Crippen LogP contribution in [0.1, 0.15) is 38.4 Å². The van der Waals surface area contributed by atoms with Crippen LogP contribution >= 0.6 is 0 Å². The zero-order valence-electron chi connectivity index (χ0n) is 13.0. The van der Waals surface area contributed by atoms with Crippen molar-refractivity contribution in [2.24, 2.45) is 0 Å². The van der Waals surface area contributed by atoms with E-state index in [1.54, 1.807) is 0 Å². The third-order valence-electron chi connectivity index (χ3n) is 4.82. The van der Waals surface area contributed by atoms with Gasteiger partial charge in [-0.2, -0.15) is 0 Å². The molecule has 1 saturated heterocycles. The lowest BCUT2D eigenvalue weighted by atomic mass is 9.97. The Morgan fingerprint density at radius 1 is 1.25 bits per heavy atom. The molecule has 0 spiro atoms. The van der Waals surface area contributed by atoms with E-state index in [0.717, 1.165) is 12.1 Å². The number of likely N-dealkylation sites (N-methyl/N-ethyl adjacent to an activating group) is 1. The molecule has 1 fully saturated rings. The molecule has 0 radical (unpaired) electrons. The molecular formula is C17H28N2O. The highest BCUT2D eigenvalue weighted by Crippen LogP contribution is 2.24. The van der Waals surface area contributed by atoms with Crippen LogP contribution in [-0.2, 0) is 0 Å². The number of rotatable bonds is 5. The maximum absolute atomic E-state index is 10.5. The van der Waals surface area contributed by atoms with Crippen molar-refractivity contribution in [2.75, 3.05) is 26.7 Å². The lowest BCUT2D eigenvalue weighted by molar-refractivity contribution is 0.0285. The molecule has 1 aromatic carbocycles. The topological polar surface area (TPSA) is 26.7 Å². The lowest BCUT2D eigenvalue weighted by Gasteiger charge is -2.40. The fourth-order valence-electron chi connectivity index (χ4n) is 3.13. The summed E-state index contributed by atoms with van der Waals surface area (Å²) in [6.07, 6.45) is 2.00. The van der Waals surface area contributed by atoms with E-state index in [4.69, 9.17) is 0 Å². The van der Waals surface area contributed by atoms with Gasteiger partial charge in [-0.1, -0.05) is 37.3 Å². The molecule has 3 nitrogen and oxygen atoms in total. The van der Waals surface area contributed by atoms with Crippen molar-refractivity contribution in [1.82, 2.24) is 9.80 Å². The molecule has 0 amide bonds. The second-order valence-electron chi connectivity index (χ2n) is 5.93. The molecule has 2 atom stereocenters. The molecule has 0 saturated carbocycles. The number of aliphatic hydroxyl groups excluding tert-OH is 1. The van der Waals surface area contributed by atoms with Crippen LogP contribution < -0.4 is 0 Å². The van der Waals surface area contributed by atoms with E-state index >= 15 is 0 Å². The summed E-state index contributed by atoms with van der Waals surface area (Å²) in [5.41, 5.74) is 1.01. The molecule has 1 aromatic rings. The van der Waals surface area contributed by atoms with Gasteiger partial charge in [-0.15, -0.1) is 0 Å². The van der Waals surface area contributed by atoms with Crippen molar-refractivity contribution in [3.8, 4) is 0 Å². The van der Waals surface area contributed by atoms with Gasteiger partial charge in [0, 0.05) is 12.1 Å². The maximum Gasteiger partial charge on any atom is 0.0942 e. The lowest BCUT2D eigenvalue weighted by Crippen LogP contribution is -2.47. The second kappa shape index (κ2) is 7.21. The molecular weight excluding hydrogens is 248 g/mol. The van der Waals surface area contributed by atoms with Crippen LogP contribution in [-0.4, -0.2) is 53.7 Å². The van der Waals surface area contributed by atoms with Gasteiger partial charge in [0.25, 0.3) is 0 Å². The highest BCUT2D eigenvalue weighted by atomic mass is 16.3. The highest BCUT2D eigenvalue weighted by Gasteiger charge is 2.28. The van der Waals surface area contributed by atoms with Crippen LogP contribution in [0.2, 0.25) is 0 Å². The van der Waals surface area contributed by atoms with E-state index in [1.807, 2.05) is 30.3 Å². The largest absolute Gasteiger partial charge is 0.387 e. The summed E-state index contributed by atoms with van der Waals surface area (Å²) in [7, 11) is 2.16. The first-order valence-electron chi connectivity index (χ1n) is 7.80. The van der Waals surface area contributed by atoms with Gasteiger partial charge in [0.15, 0.2) is 0 Å². The zero-order valence-corrected chi connectivity index (χ0v) is 13.0. The van der Waals surface area contributed by atoms with Crippen LogP contribution in [0.4, 0.5) is 0 Å². The summed E-state index contributed by atoms with van der Waals surface area (Å²) in [5, 5.41) is 10.5. The minimum Gasteiger partial charge on any atom is -0.387 e. The van der Waals surface area contributed by atoms with Crippen molar-refractivity contribution >= 4 is 0 Å². The molecule has 2 rings (SSSR count). The van der Waals surface area contributed by atoms with Gasteiger partial charge in [0.05, 0.1) is 6.10 Å². The van der Waals surface area contributed by atoms with Crippen molar-refractivity contribution in [3.63, 3.8) is 0 Å². The van der Waals surface area contributed by atoms with Gasteiger partial charge in [0.2, 0.25) is 0 Å². The molecule has 1 N–H and O–H groups in total. The number of hydrogen-bond acceptors (Lipinski definition) is 3. The Balaban J connectivity index is 1.93. The zero-order chi connectivity index (χ0) is 14.5. The summed E-state index contributed by atoms with van der Waals surface area (Å²) < 4.78 is 0. The summed E-state index contributed by atoms with van der Waals surface area (Å²) >= 11 is 0. The highest BCUT2D eigenvalue weighted by molar-refractivity contribution is 5.18. The van der Waals surface area contributed by atoms with Crippen LogP contribution in [0.15, 0.2) is 30.3 Å². The van der Waals surface area contributed by atoms with Gasteiger partial charge in [-0.25, -0.2) is 0 Å². The molecule has 0 aromatic heterocycles. The van der Waals surface area contributed by atoms with Crippen LogP contribution in [0.3, 0.4) is 0 Å². The summed E-state index contributed by atoms with van der Waals surface area (Å²) in [4.78, 5) is 4.87. The molecule has 20 heavy (non-hydrogen) atoms. The van der Waals surface area contributed by atoms with Gasteiger partial charge < -0.3 is 10.0 Å². The standard InChI is InChI=1S/C17H28N2O/c1-4-19-12-10-16(11-13-19)18(3)14(2)17(20)15-8-6-5-7-9-15/h5-9,14,16-17,20H,4,10-13H2,1-3H3.